The number of nitrogens with zero attached hydrogens (tertiary/aromatic N) is 2. The third-order valence-corrected chi connectivity index (χ3v) is 11.5. The van der Waals surface area contributed by atoms with Gasteiger partial charge in [-0.3, -0.25) is 9.97 Å². The molecule has 2 aliphatic heterocycles. The molecule has 2 aromatic rings. The van der Waals surface area contributed by atoms with E-state index in [4.69, 9.17) is 9.97 Å². The molecule has 6 aliphatic rings. The van der Waals surface area contributed by atoms with E-state index in [0.717, 1.165) is 60.7 Å². The summed E-state index contributed by atoms with van der Waals surface area (Å²) < 4.78 is 0. The predicted octanol–water partition coefficient (Wildman–Crippen LogP) is 5.74. The van der Waals surface area contributed by atoms with Gasteiger partial charge in [-0.15, -0.1) is 0 Å². The third-order valence-electron chi connectivity index (χ3n) is 11.5. The highest BCUT2D eigenvalue weighted by Crippen LogP contribution is 2.57. The summed E-state index contributed by atoms with van der Waals surface area (Å²) in [5.74, 6) is 4.73. The lowest BCUT2D eigenvalue weighted by atomic mass is 9.54. The summed E-state index contributed by atoms with van der Waals surface area (Å²) in [6.45, 7) is 7.24. The molecule has 0 aromatic carbocycles. The Labute approximate surface area is 216 Å². The largest absolute Gasteiger partial charge is 0.307 e. The van der Waals surface area contributed by atoms with Crippen molar-refractivity contribution in [2.45, 2.75) is 89.1 Å². The smallest absolute Gasteiger partial charge is 0.0721 e. The van der Waals surface area contributed by atoms with Crippen molar-refractivity contribution in [2.24, 2.45) is 35.5 Å². The Morgan fingerprint density at radius 2 is 1.44 bits per heavy atom. The van der Waals surface area contributed by atoms with Crippen molar-refractivity contribution in [3.63, 3.8) is 0 Å². The zero-order valence-corrected chi connectivity index (χ0v) is 22.2. The second-order valence-electron chi connectivity index (χ2n) is 13.7. The quantitative estimate of drug-likeness (QED) is 0.544. The van der Waals surface area contributed by atoms with Gasteiger partial charge in [0.2, 0.25) is 0 Å². The van der Waals surface area contributed by atoms with Crippen molar-refractivity contribution in [3.8, 4) is 11.3 Å². The van der Waals surface area contributed by atoms with Crippen LogP contribution < -0.4 is 10.6 Å². The van der Waals surface area contributed by atoms with E-state index >= 15 is 0 Å². The Balaban J connectivity index is 1.21. The topological polar surface area (TPSA) is 49.8 Å². The molecule has 1 unspecified atom stereocenters. The average Bonchev–Trinajstić information content (AvgIpc) is 2.87. The number of pyridine rings is 2. The molecule has 4 bridgehead atoms. The van der Waals surface area contributed by atoms with Gasteiger partial charge < -0.3 is 10.6 Å². The van der Waals surface area contributed by atoms with Crippen molar-refractivity contribution in [2.75, 3.05) is 13.1 Å². The number of rotatable bonds is 1. The monoisotopic (exact) mass is 482 g/mol. The Kier molecular flexibility index (Phi) is 4.86. The summed E-state index contributed by atoms with van der Waals surface area (Å²) >= 11 is 0. The zero-order valence-electron chi connectivity index (χ0n) is 22.2. The van der Waals surface area contributed by atoms with E-state index in [9.17, 15) is 0 Å². The van der Waals surface area contributed by atoms with Gasteiger partial charge in [-0.05, 0) is 136 Å². The second-order valence-corrected chi connectivity index (χ2v) is 13.7. The van der Waals surface area contributed by atoms with Gasteiger partial charge in [-0.1, -0.05) is 19.9 Å². The minimum absolute atomic E-state index is 0.136. The van der Waals surface area contributed by atoms with Gasteiger partial charge in [0, 0.05) is 34.2 Å². The molecule has 2 saturated carbocycles. The highest BCUT2D eigenvalue weighted by atomic mass is 15.0. The lowest BCUT2D eigenvalue weighted by molar-refractivity contribution is 0.00803. The van der Waals surface area contributed by atoms with E-state index in [0.29, 0.717) is 0 Å². The first-order valence-corrected chi connectivity index (χ1v) is 15.1. The number of hydrogen-bond donors (Lipinski definition) is 2. The molecule has 8 atom stereocenters. The zero-order chi connectivity index (χ0) is 24.1. The maximum atomic E-state index is 5.42. The van der Waals surface area contributed by atoms with E-state index < -0.39 is 0 Å². The minimum atomic E-state index is 0.136. The van der Waals surface area contributed by atoms with Crippen LogP contribution in [-0.2, 0) is 23.9 Å². The molecule has 4 aliphatic carbocycles. The summed E-state index contributed by atoms with van der Waals surface area (Å²) in [6, 6.07) is 7.28. The van der Waals surface area contributed by atoms with Gasteiger partial charge in [0.25, 0.3) is 0 Å². The molecular formula is C32H42N4. The van der Waals surface area contributed by atoms with Crippen LogP contribution in [0, 0.1) is 35.5 Å². The van der Waals surface area contributed by atoms with Gasteiger partial charge in [0.1, 0.15) is 0 Å². The summed E-state index contributed by atoms with van der Waals surface area (Å²) in [5.41, 5.74) is 8.41. The van der Waals surface area contributed by atoms with Crippen molar-refractivity contribution in [3.05, 3.63) is 46.9 Å². The van der Waals surface area contributed by atoms with Crippen molar-refractivity contribution < 1.29 is 0 Å². The van der Waals surface area contributed by atoms with Crippen LogP contribution in [0.25, 0.3) is 11.3 Å². The average molecular weight is 483 g/mol. The lowest BCUT2D eigenvalue weighted by Crippen LogP contribution is -2.60. The number of piperidine rings is 2. The van der Waals surface area contributed by atoms with Crippen LogP contribution in [0.1, 0.15) is 87.7 Å². The van der Waals surface area contributed by atoms with Gasteiger partial charge in [0.15, 0.2) is 0 Å². The normalized spacial score (nSPS) is 42.5. The molecule has 2 aromatic heterocycles. The second kappa shape index (κ2) is 7.86. The molecule has 0 spiro atoms. The van der Waals surface area contributed by atoms with Gasteiger partial charge >= 0.3 is 0 Å². The summed E-state index contributed by atoms with van der Waals surface area (Å²) in [6.07, 6.45) is 15.2. The SMILES string of the molecule is C[C@@H]1CC2Cc3ncc(-c4ccc5c(n4)C[C@H]4C[C@H](C)C[C@]56NCCC[C@@H]46)cc3[C@@]3(C1)NCCC[C@H]23. The van der Waals surface area contributed by atoms with Crippen LogP contribution in [0.2, 0.25) is 0 Å². The fourth-order valence-corrected chi connectivity index (χ4v) is 10.5. The molecular weight excluding hydrogens is 440 g/mol. The van der Waals surface area contributed by atoms with Crippen LogP contribution in [0.3, 0.4) is 0 Å². The molecule has 4 fully saturated rings. The Bertz CT molecular complexity index is 1210. The predicted molar refractivity (Wildman–Crippen MR) is 143 cm³/mol. The highest BCUT2D eigenvalue weighted by molar-refractivity contribution is 5.62. The number of hydrogen-bond acceptors (Lipinski definition) is 4. The minimum Gasteiger partial charge on any atom is -0.307 e. The molecule has 8 rings (SSSR count). The maximum absolute atomic E-state index is 5.42. The van der Waals surface area contributed by atoms with E-state index in [1.54, 1.807) is 0 Å². The Hall–Kier alpha value is -1.78. The van der Waals surface area contributed by atoms with E-state index in [2.05, 4.69) is 48.9 Å². The first-order valence-electron chi connectivity index (χ1n) is 15.1. The maximum Gasteiger partial charge on any atom is 0.0721 e. The van der Waals surface area contributed by atoms with Gasteiger partial charge in [-0.2, -0.15) is 0 Å². The van der Waals surface area contributed by atoms with Gasteiger partial charge in [-0.25, -0.2) is 0 Å². The molecule has 0 amide bonds. The molecule has 2 N–H and O–H groups in total. The van der Waals surface area contributed by atoms with E-state index in [-0.39, 0.29) is 11.1 Å². The third kappa shape index (κ3) is 3.01. The fourth-order valence-electron chi connectivity index (χ4n) is 10.5. The van der Waals surface area contributed by atoms with Crippen molar-refractivity contribution >= 4 is 0 Å². The first kappa shape index (κ1) is 22.2. The Morgan fingerprint density at radius 3 is 2.14 bits per heavy atom. The molecule has 2 saturated heterocycles. The lowest BCUT2D eigenvalue weighted by Gasteiger charge is -2.57. The van der Waals surface area contributed by atoms with Crippen molar-refractivity contribution in [1.82, 2.24) is 20.6 Å². The van der Waals surface area contributed by atoms with Crippen LogP contribution in [0.4, 0.5) is 0 Å². The first-order chi connectivity index (χ1) is 17.6. The molecule has 4 heterocycles. The Morgan fingerprint density at radius 1 is 0.806 bits per heavy atom. The number of fused-ring (bicyclic) bond motifs is 2. The molecule has 4 heteroatoms. The molecule has 4 nitrogen and oxygen atoms in total. The summed E-state index contributed by atoms with van der Waals surface area (Å²) in [5, 5.41) is 8.12. The van der Waals surface area contributed by atoms with Crippen LogP contribution >= 0.6 is 0 Å². The summed E-state index contributed by atoms with van der Waals surface area (Å²) in [7, 11) is 0. The van der Waals surface area contributed by atoms with Crippen LogP contribution in [-0.4, -0.2) is 23.1 Å². The van der Waals surface area contributed by atoms with E-state index in [1.807, 2.05) is 0 Å². The molecule has 190 valence electrons. The van der Waals surface area contributed by atoms with E-state index in [1.165, 1.54) is 85.9 Å². The number of aromatic nitrogens is 2. The van der Waals surface area contributed by atoms with Crippen LogP contribution in [0.5, 0.6) is 0 Å². The molecule has 0 radical (unpaired) electrons. The standard InChI is InChI=1S/C32H42N4/c1-19-12-22-15-30-26(31(16-19)24(22)5-3-9-34-31)7-8-28(36-30)23-13-27-29(33-18-23)14-21-11-20(2)17-32(27)25(21)6-4-10-35-32/h7-8,13,18-22,24-25,34-35H,3-6,9-12,14-17H2,1-2H3/t19-,20+,21?,22+,24-,25+,31+,32-/m0/s1. The van der Waals surface area contributed by atoms with Crippen LogP contribution in [0.15, 0.2) is 24.4 Å². The summed E-state index contributed by atoms with van der Waals surface area (Å²) in [4.78, 5) is 10.6. The molecule has 36 heavy (non-hydrogen) atoms. The van der Waals surface area contributed by atoms with Crippen molar-refractivity contribution in [1.29, 1.82) is 0 Å². The number of nitrogens with one attached hydrogen (secondary N) is 2. The van der Waals surface area contributed by atoms with Gasteiger partial charge in [0.05, 0.1) is 5.69 Å². The highest BCUT2D eigenvalue weighted by Gasteiger charge is 2.55. The fraction of sp³-hybridized carbons (Fsp3) is 0.688.